The van der Waals surface area contributed by atoms with Crippen LogP contribution in [0.5, 0.6) is 0 Å². The maximum atomic E-state index is 13.6. The predicted octanol–water partition coefficient (Wildman–Crippen LogP) is 4.56. The standard InChI is InChI=1S/C30H24N2O7/c33-25(18-8-4-11-22(12-18)32(37)38)16-39-30(36)19-9-5-10-21(13-19)31-28(34)26-20-14-23(17-6-2-1-3-7-17)24(15-20)27(26)29(31)35/h1-13,20,23-24,26-27H,14-16H2. The van der Waals surface area contributed by atoms with Crippen LogP contribution < -0.4 is 4.90 Å². The molecule has 0 spiro atoms. The number of fused-ring (bicyclic) bond motifs is 5. The average molecular weight is 525 g/mol. The first kappa shape index (κ1) is 24.7. The average Bonchev–Trinajstić information content (AvgIpc) is 3.63. The molecule has 196 valence electrons. The third kappa shape index (κ3) is 4.20. The third-order valence-corrected chi connectivity index (χ3v) is 8.30. The van der Waals surface area contributed by atoms with Gasteiger partial charge >= 0.3 is 5.97 Å². The van der Waals surface area contributed by atoms with Crippen LogP contribution in [-0.2, 0) is 14.3 Å². The van der Waals surface area contributed by atoms with Crippen molar-refractivity contribution in [3.05, 3.63) is 106 Å². The SMILES string of the molecule is O=C(COC(=O)c1cccc(N2C(=O)C3C4CC(c5ccccc5)C(C4)C3C2=O)c1)c1cccc([N+](=O)[O-])c1. The van der Waals surface area contributed by atoms with Crippen molar-refractivity contribution in [2.75, 3.05) is 11.5 Å². The zero-order valence-electron chi connectivity index (χ0n) is 20.8. The lowest BCUT2D eigenvalue weighted by atomic mass is 9.73. The van der Waals surface area contributed by atoms with Gasteiger partial charge in [-0.05, 0) is 54.4 Å². The van der Waals surface area contributed by atoms with Crippen molar-refractivity contribution in [2.45, 2.75) is 18.8 Å². The number of carbonyl (C=O) groups excluding carboxylic acids is 4. The maximum Gasteiger partial charge on any atom is 0.338 e. The highest BCUT2D eigenvalue weighted by molar-refractivity contribution is 6.23. The predicted molar refractivity (Wildman–Crippen MR) is 139 cm³/mol. The van der Waals surface area contributed by atoms with Crippen LogP contribution in [0.25, 0.3) is 0 Å². The molecule has 0 aromatic heterocycles. The lowest BCUT2D eigenvalue weighted by Gasteiger charge is -2.28. The molecule has 9 nitrogen and oxygen atoms in total. The van der Waals surface area contributed by atoms with Crippen molar-refractivity contribution in [1.29, 1.82) is 0 Å². The number of amides is 2. The molecule has 3 aromatic rings. The number of hydrogen-bond acceptors (Lipinski definition) is 7. The lowest BCUT2D eigenvalue weighted by molar-refractivity contribution is -0.384. The summed E-state index contributed by atoms with van der Waals surface area (Å²) >= 11 is 0. The molecule has 0 N–H and O–H groups in total. The topological polar surface area (TPSA) is 124 Å². The van der Waals surface area contributed by atoms with E-state index in [4.69, 9.17) is 4.74 Å². The Labute approximate surface area is 223 Å². The minimum absolute atomic E-state index is 0.0500. The Morgan fingerprint density at radius 1 is 0.872 bits per heavy atom. The molecule has 3 aliphatic rings. The molecule has 1 heterocycles. The molecule has 39 heavy (non-hydrogen) atoms. The first-order valence-electron chi connectivity index (χ1n) is 12.8. The van der Waals surface area contributed by atoms with Gasteiger partial charge in [-0.25, -0.2) is 4.79 Å². The van der Waals surface area contributed by atoms with Gasteiger partial charge in [0.15, 0.2) is 6.61 Å². The minimum Gasteiger partial charge on any atom is -0.454 e. The minimum atomic E-state index is -0.806. The molecule has 3 aromatic carbocycles. The second-order valence-electron chi connectivity index (χ2n) is 10.3. The van der Waals surface area contributed by atoms with Crippen LogP contribution in [0, 0.1) is 33.8 Å². The first-order valence-corrected chi connectivity index (χ1v) is 12.8. The van der Waals surface area contributed by atoms with E-state index < -0.39 is 23.3 Å². The number of hydrogen-bond donors (Lipinski definition) is 0. The van der Waals surface area contributed by atoms with Gasteiger partial charge < -0.3 is 4.74 Å². The summed E-state index contributed by atoms with van der Waals surface area (Å²) < 4.78 is 5.15. The van der Waals surface area contributed by atoms with Crippen LogP contribution in [0.2, 0.25) is 0 Å². The molecular formula is C30H24N2O7. The highest BCUT2D eigenvalue weighted by Gasteiger charge is 2.64. The van der Waals surface area contributed by atoms with Crippen molar-refractivity contribution in [3.8, 4) is 0 Å². The third-order valence-electron chi connectivity index (χ3n) is 8.30. The number of benzene rings is 3. The van der Waals surface area contributed by atoms with E-state index in [1.807, 2.05) is 18.2 Å². The fraction of sp³-hybridized carbons (Fsp3) is 0.267. The highest BCUT2D eigenvalue weighted by Crippen LogP contribution is 2.61. The Morgan fingerprint density at radius 2 is 1.59 bits per heavy atom. The molecule has 1 aliphatic heterocycles. The molecular weight excluding hydrogens is 500 g/mol. The number of ketones is 1. The van der Waals surface area contributed by atoms with Crippen molar-refractivity contribution < 1.29 is 28.8 Å². The number of carbonyl (C=O) groups is 4. The fourth-order valence-electron chi connectivity index (χ4n) is 6.66. The fourth-order valence-corrected chi connectivity index (χ4v) is 6.66. The second-order valence-corrected chi connectivity index (χ2v) is 10.3. The number of non-ortho nitro benzene ring substituents is 1. The molecule has 9 heteroatoms. The smallest absolute Gasteiger partial charge is 0.338 e. The van der Waals surface area contributed by atoms with Gasteiger partial charge in [0.25, 0.3) is 5.69 Å². The van der Waals surface area contributed by atoms with Crippen LogP contribution in [-0.4, -0.2) is 35.1 Å². The van der Waals surface area contributed by atoms with Gasteiger partial charge in [-0.15, -0.1) is 0 Å². The quantitative estimate of drug-likeness (QED) is 0.146. The molecule has 1 saturated heterocycles. The van der Waals surface area contributed by atoms with Crippen molar-refractivity contribution >= 4 is 34.9 Å². The molecule has 3 fully saturated rings. The zero-order valence-corrected chi connectivity index (χ0v) is 20.8. The highest BCUT2D eigenvalue weighted by atomic mass is 16.6. The molecule has 6 rings (SSSR count). The Hall–Kier alpha value is -4.66. The maximum absolute atomic E-state index is 13.6. The van der Waals surface area contributed by atoms with Gasteiger partial charge in [0.1, 0.15) is 0 Å². The van der Waals surface area contributed by atoms with Gasteiger partial charge in [-0.3, -0.25) is 29.4 Å². The number of esters is 1. The monoisotopic (exact) mass is 524 g/mol. The Kier molecular flexibility index (Phi) is 6.06. The molecule has 5 atom stereocenters. The van der Waals surface area contributed by atoms with Gasteiger partial charge in [0, 0.05) is 17.7 Å². The summed E-state index contributed by atoms with van der Waals surface area (Å²) in [6.07, 6.45) is 1.75. The normalized spacial score (nSPS) is 25.0. The Balaban J connectivity index is 1.16. The summed E-state index contributed by atoms with van der Waals surface area (Å²) in [5.41, 5.74) is 1.39. The Morgan fingerprint density at radius 3 is 2.36 bits per heavy atom. The number of nitro benzene ring substituents is 1. The molecule has 2 bridgehead atoms. The van der Waals surface area contributed by atoms with Crippen molar-refractivity contribution in [3.63, 3.8) is 0 Å². The molecule has 2 aliphatic carbocycles. The summed E-state index contributed by atoms with van der Waals surface area (Å²) in [6.45, 7) is -0.611. The van der Waals surface area contributed by atoms with E-state index in [2.05, 4.69) is 12.1 Å². The van der Waals surface area contributed by atoms with Gasteiger partial charge in [-0.1, -0.05) is 48.5 Å². The van der Waals surface area contributed by atoms with Crippen LogP contribution in [0.3, 0.4) is 0 Å². The number of nitro groups is 1. The van der Waals surface area contributed by atoms with E-state index in [-0.39, 0.29) is 58.2 Å². The Bertz CT molecular complexity index is 1520. The number of imide groups is 1. The number of nitrogens with zero attached hydrogens (tertiary/aromatic N) is 2. The largest absolute Gasteiger partial charge is 0.454 e. The summed E-state index contributed by atoms with van der Waals surface area (Å²) in [4.78, 5) is 63.7. The van der Waals surface area contributed by atoms with Crippen LogP contribution >= 0.6 is 0 Å². The van der Waals surface area contributed by atoms with Gasteiger partial charge in [0.2, 0.25) is 17.6 Å². The first-order chi connectivity index (χ1) is 18.8. The second kappa shape index (κ2) is 9.58. The lowest BCUT2D eigenvalue weighted by Crippen LogP contribution is -2.33. The van der Waals surface area contributed by atoms with E-state index in [1.165, 1.54) is 40.8 Å². The van der Waals surface area contributed by atoms with Gasteiger partial charge in [0.05, 0.1) is 28.0 Å². The van der Waals surface area contributed by atoms with E-state index in [1.54, 1.807) is 12.1 Å². The van der Waals surface area contributed by atoms with Crippen molar-refractivity contribution in [2.24, 2.45) is 23.7 Å². The zero-order chi connectivity index (χ0) is 27.3. The molecule has 0 radical (unpaired) electrons. The number of anilines is 1. The van der Waals surface area contributed by atoms with E-state index in [0.717, 1.165) is 18.9 Å². The summed E-state index contributed by atoms with van der Waals surface area (Å²) in [5.74, 6) is -2.06. The van der Waals surface area contributed by atoms with Crippen LogP contribution in [0.1, 0.15) is 45.0 Å². The van der Waals surface area contributed by atoms with E-state index >= 15 is 0 Å². The number of Topliss-reactive ketones (excluding diaryl/α,β-unsaturated/α-hetero) is 1. The van der Waals surface area contributed by atoms with E-state index in [0.29, 0.717) is 5.69 Å². The summed E-state index contributed by atoms with van der Waals surface area (Å²) in [6, 6.07) is 21.4. The van der Waals surface area contributed by atoms with Crippen molar-refractivity contribution in [1.82, 2.24) is 0 Å². The number of ether oxygens (including phenoxy) is 1. The molecule has 2 amide bonds. The van der Waals surface area contributed by atoms with Crippen LogP contribution in [0.4, 0.5) is 11.4 Å². The summed E-state index contributed by atoms with van der Waals surface area (Å²) in [7, 11) is 0. The molecule has 2 saturated carbocycles. The van der Waals surface area contributed by atoms with E-state index in [9.17, 15) is 29.3 Å². The summed E-state index contributed by atoms with van der Waals surface area (Å²) in [5, 5.41) is 11.0. The molecule has 5 unspecified atom stereocenters. The van der Waals surface area contributed by atoms with Gasteiger partial charge in [-0.2, -0.15) is 0 Å². The number of rotatable bonds is 7. The van der Waals surface area contributed by atoms with Crippen LogP contribution in [0.15, 0.2) is 78.9 Å².